The first-order chi connectivity index (χ1) is 9.12. The van der Waals surface area contributed by atoms with Crippen molar-refractivity contribution in [2.75, 3.05) is 32.7 Å². The van der Waals surface area contributed by atoms with E-state index in [9.17, 15) is 8.78 Å². The fraction of sp³-hybridized carbons (Fsp3) is 0.600. The maximum atomic E-state index is 13.6. The number of benzene rings is 1. The van der Waals surface area contributed by atoms with E-state index in [4.69, 9.17) is 0 Å². The van der Waals surface area contributed by atoms with Crippen LogP contribution in [0.15, 0.2) is 18.2 Å². The van der Waals surface area contributed by atoms with Crippen LogP contribution in [0.1, 0.15) is 26.3 Å². The van der Waals surface area contributed by atoms with Crippen LogP contribution in [0.3, 0.4) is 0 Å². The maximum Gasteiger partial charge on any atom is 0.130 e. The van der Waals surface area contributed by atoms with Crippen molar-refractivity contribution in [1.29, 1.82) is 0 Å². The maximum absolute atomic E-state index is 13.6. The van der Waals surface area contributed by atoms with Gasteiger partial charge in [0.15, 0.2) is 0 Å². The van der Waals surface area contributed by atoms with Crippen LogP contribution in [-0.4, -0.2) is 42.5 Å². The molecule has 19 heavy (non-hydrogen) atoms. The minimum Gasteiger partial charge on any atom is -0.303 e. The van der Waals surface area contributed by atoms with Crippen molar-refractivity contribution in [1.82, 2.24) is 9.80 Å². The molecule has 0 aromatic heterocycles. The van der Waals surface area contributed by atoms with E-state index in [-0.39, 0.29) is 5.56 Å². The van der Waals surface area contributed by atoms with Gasteiger partial charge in [-0.2, -0.15) is 0 Å². The highest BCUT2D eigenvalue weighted by Gasteiger charge is 2.13. The van der Waals surface area contributed by atoms with E-state index in [1.165, 1.54) is 18.2 Å². The molecule has 4 heteroatoms. The summed E-state index contributed by atoms with van der Waals surface area (Å²) in [5.74, 6) is -0.914. The largest absolute Gasteiger partial charge is 0.303 e. The van der Waals surface area contributed by atoms with Gasteiger partial charge in [0.05, 0.1) is 0 Å². The summed E-state index contributed by atoms with van der Waals surface area (Å²) in [6, 6.07) is 4.04. The van der Waals surface area contributed by atoms with Gasteiger partial charge < -0.3 is 4.90 Å². The number of likely N-dealkylation sites (N-methyl/N-ethyl adjacent to an activating group) is 2. The Kier molecular flexibility index (Phi) is 6.95. The van der Waals surface area contributed by atoms with Gasteiger partial charge in [-0.25, -0.2) is 8.78 Å². The van der Waals surface area contributed by atoms with E-state index in [0.717, 1.165) is 32.7 Å². The Labute approximate surface area is 115 Å². The molecule has 2 nitrogen and oxygen atoms in total. The highest BCUT2D eigenvalue weighted by molar-refractivity contribution is 5.19. The lowest BCUT2D eigenvalue weighted by molar-refractivity contribution is 0.211. The minimum atomic E-state index is -0.457. The van der Waals surface area contributed by atoms with Crippen LogP contribution >= 0.6 is 0 Å². The lowest BCUT2D eigenvalue weighted by atomic mass is 10.2. The first kappa shape index (κ1) is 16.1. The summed E-state index contributed by atoms with van der Waals surface area (Å²) in [5, 5.41) is 0. The Morgan fingerprint density at radius 1 is 0.842 bits per heavy atom. The molecule has 0 saturated carbocycles. The average Bonchev–Trinajstić information content (AvgIpc) is 2.41. The monoisotopic (exact) mass is 270 g/mol. The standard InChI is InChI=1S/C15H24F2N2/c1-4-18(5-2)10-11-19(6-3)12-13-14(16)8-7-9-15(13)17/h7-9H,4-6,10-12H2,1-3H3. The van der Waals surface area contributed by atoms with Crippen LogP contribution in [0.2, 0.25) is 0 Å². The van der Waals surface area contributed by atoms with Crippen molar-refractivity contribution in [3.63, 3.8) is 0 Å². The van der Waals surface area contributed by atoms with Gasteiger partial charge in [-0.05, 0) is 31.8 Å². The summed E-state index contributed by atoms with van der Waals surface area (Å²) >= 11 is 0. The molecule has 0 unspecified atom stereocenters. The van der Waals surface area contributed by atoms with Crippen LogP contribution in [0, 0.1) is 11.6 Å². The van der Waals surface area contributed by atoms with Gasteiger partial charge in [0.25, 0.3) is 0 Å². The molecular formula is C15H24F2N2. The number of nitrogens with zero attached hydrogens (tertiary/aromatic N) is 2. The molecule has 108 valence electrons. The molecule has 0 aliphatic carbocycles. The highest BCUT2D eigenvalue weighted by Crippen LogP contribution is 2.14. The number of rotatable bonds is 8. The fourth-order valence-corrected chi connectivity index (χ4v) is 2.08. The summed E-state index contributed by atoms with van der Waals surface area (Å²) in [6.45, 7) is 11.1. The van der Waals surface area contributed by atoms with Crippen molar-refractivity contribution in [2.45, 2.75) is 27.3 Å². The SMILES string of the molecule is CCN(CC)CCN(CC)Cc1c(F)cccc1F. The van der Waals surface area contributed by atoms with E-state index in [1.54, 1.807) is 0 Å². The topological polar surface area (TPSA) is 6.48 Å². The van der Waals surface area contributed by atoms with E-state index >= 15 is 0 Å². The minimum absolute atomic E-state index is 0.170. The Hall–Kier alpha value is -1.00. The number of halogens is 2. The zero-order valence-corrected chi connectivity index (χ0v) is 12.1. The van der Waals surface area contributed by atoms with Gasteiger partial charge in [0, 0.05) is 25.2 Å². The van der Waals surface area contributed by atoms with Crippen molar-refractivity contribution in [3.8, 4) is 0 Å². The molecular weight excluding hydrogens is 246 g/mol. The van der Waals surface area contributed by atoms with Gasteiger partial charge in [-0.3, -0.25) is 4.90 Å². The van der Waals surface area contributed by atoms with E-state index in [1.807, 2.05) is 6.92 Å². The third-order valence-corrected chi connectivity index (χ3v) is 3.52. The zero-order chi connectivity index (χ0) is 14.3. The molecule has 0 heterocycles. The lowest BCUT2D eigenvalue weighted by Crippen LogP contribution is -2.35. The molecule has 1 rings (SSSR count). The number of hydrogen-bond donors (Lipinski definition) is 0. The molecule has 1 aromatic carbocycles. The molecule has 0 aliphatic rings. The molecule has 0 N–H and O–H groups in total. The normalized spacial score (nSPS) is 11.5. The molecule has 0 amide bonds. The first-order valence-corrected chi connectivity index (χ1v) is 6.99. The van der Waals surface area contributed by atoms with Gasteiger partial charge in [-0.1, -0.05) is 26.8 Å². The third kappa shape index (κ3) is 4.88. The van der Waals surface area contributed by atoms with Gasteiger partial charge in [0.1, 0.15) is 11.6 Å². The van der Waals surface area contributed by atoms with E-state index < -0.39 is 11.6 Å². The fourth-order valence-electron chi connectivity index (χ4n) is 2.08. The summed E-state index contributed by atoms with van der Waals surface area (Å²) < 4.78 is 27.2. The van der Waals surface area contributed by atoms with Crippen molar-refractivity contribution < 1.29 is 8.78 Å². The summed E-state index contributed by atoms with van der Waals surface area (Å²) in [5.41, 5.74) is 0.170. The third-order valence-electron chi connectivity index (χ3n) is 3.52. The molecule has 1 aromatic rings. The van der Waals surface area contributed by atoms with Crippen molar-refractivity contribution >= 4 is 0 Å². The molecule has 0 spiro atoms. The van der Waals surface area contributed by atoms with E-state index in [2.05, 4.69) is 23.6 Å². The number of hydrogen-bond acceptors (Lipinski definition) is 2. The molecule has 0 saturated heterocycles. The average molecular weight is 270 g/mol. The Morgan fingerprint density at radius 3 is 1.79 bits per heavy atom. The summed E-state index contributed by atoms with van der Waals surface area (Å²) in [7, 11) is 0. The second kappa shape index (κ2) is 8.23. The predicted molar refractivity (Wildman–Crippen MR) is 75.1 cm³/mol. The first-order valence-electron chi connectivity index (χ1n) is 6.99. The predicted octanol–water partition coefficient (Wildman–Crippen LogP) is 3.13. The van der Waals surface area contributed by atoms with Gasteiger partial charge in [-0.15, -0.1) is 0 Å². The van der Waals surface area contributed by atoms with Gasteiger partial charge in [0.2, 0.25) is 0 Å². The van der Waals surface area contributed by atoms with Crippen LogP contribution in [0.25, 0.3) is 0 Å². The second-order valence-electron chi connectivity index (χ2n) is 4.60. The Bertz CT molecular complexity index is 358. The van der Waals surface area contributed by atoms with Crippen LogP contribution in [0.4, 0.5) is 8.78 Å². The second-order valence-corrected chi connectivity index (χ2v) is 4.60. The molecule has 0 atom stereocenters. The van der Waals surface area contributed by atoms with Gasteiger partial charge >= 0.3 is 0 Å². The van der Waals surface area contributed by atoms with Crippen LogP contribution < -0.4 is 0 Å². The smallest absolute Gasteiger partial charge is 0.130 e. The Morgan fingerprint density at radius 2 is 1.32 bits per heavy atom. The van der Waals surface area contributed by atoms with Crippen molar-refractivity contribution in [3.05, 3.63) is 35.4 Å². The van der Waals surface area contributed by atoms with Crippen molar-refractivity contribution in [2.24, 2.45) is 0 Å². The lowest BCUT2D eigenvalue weighted by Gasteiger charge is -2.25. The molecule has 0 aliphatic heterocycles. The molecule has 0 bridgehead atoms. The van der Waals surface area contributed by atoms with Crippen LogP contribution in [-0.2, 0) is 6.54 Å². The summed E-state index contributed by atoms with van der Waals surface area (Å²) in [6.07, 6.45) is 0. The summed E-state index contributed by atoms with van der Waals surface area (Å²) in [4.78, 5) is 4.38. The zero-order valence-electron chi connectivity index (χ0n) is 12.1. The van der Waals surface area contributed by atoms with E-state index in [0.29, 0.717) is 6.54 Å². The molecule has 0 fully saturated rings. The van der Waals surface area contributed by atoms with Crippen LogP contribution in [0.5, 0.6) is 0 Å². The Balaban J connectivity index is 2.61. The molecule has 0 radical (unpaired) electrons. The highest BCUT2D eigenvalue weighted by atomic mass is 19.1. The quantitative estimate of drug-likeness (QED) is 0.716.